The Kier molecular flexibility index (Phi) is 3.50. The first-order chi connectivity index (χ1) is 4.04. The Labute approximate surface area is 53.7 Å². The molecule has 0 bridgehead atoms. The minimum atomic E-state index is -2.11. The third-order valence-corrected chi connectivity index (χ3v) is 1.38. The van der Waals surface area contributed by atoms with Crippen molar-refractivity contribution in [2.24, 2.45) is 0 Å². The highest BCUT2D eigenvalue weighted by atomic mass is 31.1. The minimum absolute atomic E-state index is 0.957. The Bertz CT molecular complexity index is 133. The molecule has 4 nitrogen and oxygen atoms in total. The van der Waals surface area contributed by atoms with Gasteiger partial charge in [-0.2, -0.15) is 0 Å². The monoisotopic (exact) mass is 152 g/mol. The Morgan fingerprint density at radius 3 is 2.33 bits per heavy atom. The molecule has 0 heterocycles. The van der Waals surface area contributed by atoms with Crippen LogP contribution in [-0.4, -0.2) is 23.8 Å². The van der Waals surface area contributed by atoms with Gasteiger partial charge in [-0.05, 0) is 6.92 Å². The molecule has 54 valence electrons. The Hall–Kier alpha value is -0.340. The molecule has 0 amide bonds. The number of carboxylic acids is 1. The molecule has 0 aromatic carbocycles. The number of rotatable bonds is 3. The second-order valence-electron chi connectivity index (χ2n) is 1.59. The highest BCUT2D eigenvalue weighted by molar-refractivity contribution is 7.38. The maximum absolute atomic E-state index is 10.3. The molecule has 0 aromatic rings. The maximum Gasteiger partial charge on any atom is 0.333 e. The zero-order chi connectivity index (χ0) is 7.44. The summed E-state index contributed by atoms with van der Waals surface area (Å²) in [4.78, 5) is 9.99. The van der Waals surface area contributed by atoms with Crippen LogP contribution in [0.15, 0.2) is 0 Å². The van der Waals surface area contributed by atoms with Gasteiger partial charge in [0.15, 0.2) is 14.1 Å². The summed E-state index contributed by atoms with van der Waals surface area (Å²) >= 11 is 0. The minimum Gasteiger partial charge on any atom is -0.479 e. The van der Waals surface area contributed by atoms with Gasteiger partial charge in [0.25, 0.3) is 0 Å². The van der Waals surface area contributed by atoms with Gasteiger partial charge in [0.1, 0.15) is 0 Å². The first-order valence-corrected chi connectivity index (χ1v) is 4.25. The van der Waals surface area contributed by atoms with Gasteiger partial charge < -0.3 is 9.63 Å². The Morgan fingerprint density at radius 2 is 2.22 bits per heavy atom. The molecule has 0 aliphatic heterocycles. The molecule has 0 saturated heterocycles. The van der Waals surface area contributed by atoms with Crippen molar-refractivity contribution in [1.29, 1.82) is 0 Å². The van der Waals surface area contributed by atoms with Crippen LogP contribution in [0, 0.1) is 0 Å². The van der Waals surface area contributed by atoms with E-state index in [-0.39, 0.29) is 0 Å². The standard InChI is InChI=1S/C4H9O4P/c1-3(4(5)6)8-9(2)7/h3,9H,1-2H3,(H,5,6). The molecule has 0 spiro atoms. The van der Waals surface area contributed by atoms with Crippen LogP contribution in [0.25, 0.3) is 0 Å². The van der Waals surface area contributed by atoms with Crippen LogP contribution in [-0.2, 0) is 13.9 Å². The lowest BCUT2D eigenvalue weighted by Crippen LogP contribution is -2.16. The zero-order valence-corrected chi connectivity index (χ0v) is 6.25. The fourth-order valence-corrected chi connectivity index (χ4v) is 0.898. The fourth-order valence-electron chi connectivity index (χ4n) is 0.299. The van der Waals surface area contributed by atoms with Crippen molar-refractivity contribution in [3.8, 4) is 0 Å². The summed E-state index contributed by atoms with van der Waals surface area (Å²) in [6.07, 6.45) is -0.957. The SMILES string of the molecule is CC(O[PH](C)=O)C(=O)O. The lowest BCUT2D eigenvalue weighted by molar-refractivity contribution is -0.144. The number of carboxylic acid groups (broad SMARTS) is 1. The van der Waals surface area contributed by atoms with Crippen LogP contribution in [0.2, 0.25) is 0 Å². The van der Waals surface area contributed by atoms with Crippen molar-refractivity contribution in [3.63, 3.8) is 0 Å². The summed E-state index contributed by atoms with van der Waals surface area (Å²) in [5.74, 6) is -1.09. The van der Waals surface area contributed by atoms with E-state index in [1.807, 2.05) is 0 Å². The summed E-state index contributed by atoms with van der Waals surface area (Å²) in [5, 5.41) is 8.18. The van der Waals surface area contributed by atoms with E-state index in [2.05, 4.69) is 4.52 Å². The molecule has 0 aromatic heterocycles. The van der Waals surface area contributed by atoms with Crippen LogP contribution >= 0.6 is 8.03 Å². The molecule has 2 unspecified atom stereocenters. The third kappa shape index (κ3) is 4.18. The fraction of sp³-hybridized carbons (Fsp3) is 0.750. The van der Waals surface area contributed by atoms with E-state index < -0.39 is 20.1 Å². The molecule has 0 rings (SSSR count). The van der Waals surface area contributed by atoms with E-state index >= 15 is 0 Å². The smallest absolute Gasteiger partial charge is 0.333 e. The molecule has 0 fully saturated rings. The maximum atomic E-state index is 10.3. The van der Waals surface area contributed by atoms with Crippen molar-refractivity contribution in [2.75, 3.05) is 6.66 Å². The lowest BCUT2D eigenvalue weighted by Gasteiger charge is -2.03. The predicted molar refractivity (Wildman–Crippen MR) is 33.1 cm³/mol. The quantitative estimate of drug-likeness (QED) is 0.601. The molecule has 0 aliphatic carbocycles. The van der Waals surface area contributed by atoms with Gasteiger partial charge in [-0.1, -0.05) is 0 Å². The second-order valence-corrected chi connectivity index (χ2v) is 2.81. The molecule has 5 heteroatoms. The van der Waals surface area contributed by atoms with E-state index in [4.69, 9.17) is 5.11 Å². The van der Waals surface area contributed by atoms with Gasteiger partial charge in [-0.15, -0.1) is 0 Å². The summed E-state index contributed by atoms with van der Waals surface area (Å²) in [5.41, 5.74) is 0. The van der Waals surface area contributed by atoms with E-state index in [1.54, 1.807) is 0 Å². The average Bonchev–Trinajstić information content (AvgIpc) is 1.63. The van der Waals surface area contributed by atoms with E-state index in [0.717, 1.165) is 0 Å². The van der Waals surface area contributed by atoms with Gasteiger partial charge in [0.05, 0.1) is 0 Å². The van der Waals surface area contributed by atoms with E-state index in [0.29, 0.717) is 0 Å². The number of aliphatic carboxylic acids is 1. The largest absolute Gasteiger partial charge is 0.479 e. The molecule has 0 aliphatic rings. The van der Waals surface area contributed by atoms with Gasteiger partial charge in [0.2, 0.25) is 0 Å². The van der Waals surface area contributed by atoms with Gasteiger partial charge in [-0.25, -0.2) is 4.79 Å². The van der Waals surface area contributed by atoms with Crippen LogP contribution < -0.4 is 0 Å². The van der Waals surface area contributed by atoms with Crippen molar-refractivity contribution >= 4 is 14.0 Å². The van der Waals surface area contributed by atoms with E-state index in [9.17, 15) is 9.36 Å². The van der Waals surface area contributed by atoms with Gasteiger partial charge >= 0.3 is 5.97 Å². The highest BCUT2D eigenvalue weighted by Gasteiger charge is 2.11. The molecular formula is C4H9O4P. The second kappa shape index (κ2) is 3.64. The third-order valence-electron chi connectivity index (χ3n) is 0.691. The molecule has 2 atom stereocenters. The molecule has 1 N–H and O–H groups in total. The van der Waals surface area contributed by atoms with Crippen LogP contribution in [0.3, 0.4) is 0 Å². The Morgan fingerprint density at radius 1 is 1.78 bits per heavy atom. The topological polar surface area (TPSA) is 63.6 Å². The van der Waals surface area contributed by atoms with Crippen LogP contribution in [0.4, 0.5) is 0 Å². The van der Waals surface area contributed by atoms with E-state index in [1.165, 1.54) is 13.6 Å². The lowest BCUT2D eigenvalue weighted by atomic mass is 10.4. The summed E-state index contributed by atoms with van der Waals surface area (Å²) in [6, 6.07) is 0. The van der Waals surface area contributed by atoms with Gasteiger partial charge in [0, 0.05) is 6.66 Å². The van der Waals surface area contributed by atoms with Gasteiger partial charge in [-0.3, -0.25) is 4.57 Å². The van der Waals surface area contributed by atoms with Crippen molar-refractivity contribution in [3.05, 3.63) is 0 Å². The van der Waals surface area contributed by atoms with Crippen LogP contribution in [0.1, 0.15) is 6.92 Å². The molecular weight excluding hydrogens is 143 g/mol. The number of carbonyl (C=O) groups is 1. The first kappa shape index (κ1) is 8.66. The zero-order valence-electron chi connectivity index (χ0n) is 5.25. The molecule has 9 heavy (non-hydrogen) atoms. The number of hydrogen-bond acceptors (Lipinski definition) is 3. The molecule has 0 saturated carbocycles. The number of hydrogen-bond donors (Lipinski definition) is 1. The average molecular weight is 152 g/mol. The summed E-state index contributed by atoms with van der Waals surface area (Å²) < 4.78 is 14.7. The predicted octanol–water partition coefficient (Wildman–Crippen LogP) is 0.581. The summed E-state index contributed by atoms with van der Waals surface area (Å²) in [7, 11) is -2.11. The van der Waals surface area contributed by atoms with Crippen molar-refractivity contribution in [1.82, 2.24) is 0 Å². The van der Waals surface area contributed by atoms with Crippen molar-refractivity contribution in [2.45, 2.75) is 13.0 Å². The first-order valence-electron chi connectivity index (χ1n) is 2.44. The van der Waals surface area contributed by atoms with Crippen molar-refractivity contribution < 1.29 is 19.0 Å². The summed E-state index contributed by atoms with van der Waals surface area (Å²) in [6.45, 7) is 2.69. The molecule has 0 radical (unpaired) electrons. The van der Waals surface area contributed by atoms with Crippen LogP contribution in [0.5, 0.6) is 0 Å². The highest BCUT2D eigenvalue weighted by Crippen LogP contribution is 2.17. The normalized spacial score (nSPS) is 16.7. The Balaban J connectivity index is 3.63.